The lowest BCUT2D eigenvalue weighted by atomic mass is 10.2. The number of anilines is 1. The average molecular weight is 351 g/mol. The molecule has 9 heteroatoms. The lowest BCUT2D eigenvalue weighted by Crippen LogP contribution is -2.40. The molecule has 0 aliphatic carbocycles. The quantitative estimate of drug-likeness (QED) is 0.804. The first-order valence-electron chi connectivity index (χ1n) is 6.71. The van der Waals surface area contributed by atoms with E-state index in [0.717, 1.165) is 6.07 Å². The van der Waals surface area contributed by atoms with Gasteiger partial charge < -0.3 is 0 Å². The summed E-state index contributed by atoms with van der Waals surface area (Å²) in [5.74, 6) is -4.57. The Labute approximate surface area is 141 Å². The van der Waals surface area contributed by atoms with Crippen LogP contribution in [-0.2, 0) is 9.59 Å². The van der Waals surface area contributed by atoms with Crippen LogP contribution in [0.4, 0.5) is 10.3 Å². The molecule has 0 unspecified atom stereocenters. The van der Waals surface area contributed by atoms with E-state index >= 15 is 0 Å². The molecule has 7 nitrogen and oxygen atoms in total. The van der Waals surface area contributed by atoms with E-state index in [1.807, 2.05) is 0 Å². The van der Waals surface area contributed by atoms with E-state index in [1.54, 1.807) is 25.2 Å². The standard InChI is InChI=1S/C15H12ClFN4O3/c1-7-6-8(2)19-15(18-7)21-14(24)13(23)20-12(22)11-9(16)4-3-5-10(11)17/h3-6H,1-2H3,(H,20,22,23)(H,18,19,21,24). The van der Waals surface area contributed by atoms with Crippen LogP contribution < -0.4 is 10.6 Å². The Bertz CT molecular complexity index is 801. The number of aryl methyl sites for hydroxylation is 2. The molecule has 0 fully saturated rings. The van der Waals surface area contributed by atoms with Crippen LogP contribution in [0, 0.1) is 19.7 Å². The van der Waals surface area contributed by atoms with Crippen molar-refractivity contribution in [2.45, 2.75) is 13.8 Å². The summed E-state index contributed by atoms with van der Waals surface area (Å²) >= 11 is 5.72. The van der Waals surface area contributed by atoms with Gasteiger partial charge in [0.15, 0.2) is 0 Å². The Morgan fingerprint density at radius 1 is 1.08 bits per heavy atom. The summed E-state index contributed by atoms with van der Waals surface area (Å²) in [5, 5.41) is 3.73. The van der Waals surface area contributed by atoms with Crippen molar-refractivity contribution in [1.29, 1.82) is 0 Å². The Kier molecular flexibility index (Phi) is 5.20. The highest BCUT2D eigenvalue weighted by Gasteiger charge is 2.22. The average Bonchev–Trinajstić information content (AvgIpc) is 2.45. The van der Waals surface area contributed by atoms with E-state index in [9.17, 15) is 18.8 Å². The minimum Gasteiger partial charge on any atom is -0.286 e. The number of benzene rings is 1. The van der Waals surface area contributed by atoms with Crippen LogP contribution in [0.3, 0.4) is 0 Å². The number of amides is 3. The van der Waals surface area contributed by atoms with Gasteiger partial charge in [0.1, 0.15) is 5.82 Å². The number of carbonyl (C=O) groups excluding carboxylic acids is 3. The molecule has 0 saturated heterocycles. The number of carbonyl (C=O) groups is 3. The zero-order valence-electron chi connectivity index (χ0n) is 12.7. The third-order valence-corrected chi connectivity index (χ3v) is 3.15. The molecule has 2 aromatic rings. The van der Waals surface area contributed by atoms with E-state index < -0.39 is 29.1 Å². The number of imide groups is 1. The molecular weight excluding hydrogens is 339 g/mol. The highest BCUT2D eigenvalue weighted by molar-refractivity contribution is 6.43. The van der Waals surface area contributed by atoms with E-state index in [-0.39, 0.29) is 11.0 Å². The van der Waals surface area contributed by atoms with Crippen LogP contribution in [0.5, 0.6) is 0 Å². The van der Waals surface area contributed by atoms with Crippen molar-refractivity contribution >= 4 is 35.3 Å². The number of nitrogens with zero attached hydrogens (tertiary/aromatic N) is 2. The fourth-order valence-corrected chi connectivity index (χ4v) is 2.13. The van der Waals surface area contributed by atoms with Crippen molar-refractivity contribution in [2.75, 3.05) is 5.32 Å². The SMILES string of the molecule is Cc1cc(C)nc(NC(=O)C(=O)NC(=O)c2c(F)cccc2Cl)n1. The maximum Gasteiger partial charge on any atom is 0.316 e. The molecule has 0 atom stereocenters. The van der Waals surface area contributed by atoms with Crippen molar-refractivity contribution in [1.82, 2.24) is 15.3 Å². The summed E-state index contributed by atoms with van der Waals surface area (Å²) in [4.78, 5) is 43.3. The molecule has 2 N–H and O–H groups in total. The minimum atomic E-state index is -1.29. The molecule has 1 aromatic carbocycles. The lowest BCUT2D eigenvalue weighted by molar-refractivity contribution is -0.135. The van der Waals surface area contributed by atoms with Gasteiger partial charge in [0.25, 0.3) is 5.91 Å². The highest BCUT2D eigenvalue weighted by Crippen LogP contribution is 2.18. The van der Waals surface area contributed by atoms with Crippen molar-refractivity contribution in [3.05, 3.63) is 52.1 Å². The first-order valence-corrected chi connectivity index (χ1v) is 7.08. The molecule has 1 aromatic heterocycles. The largest absolute Gasteiger partial charge is 0.316 e. The second-order valence-electron chi connectivity index (χ2n) is 4.81. The molecule has 0 saturated carbocycles. The van der Waals surface area contributed by atoms with Gasteiger partial charge >= 0.3 is 11.8 Å². The molecule has 0 spiro atoms. The molecule has 2 rings (SSSR count). The maximum atomic E-state index is 13.6. The van der Waals surface area contributed by atoms with Gasteiger partial charge in [0, 0.05) is 11.4 Å². The Hall–Kier alpha value is -2.87. The van der Waals surface area contributed by atoms with Gasteiger partial charge in [-0.2, -0.15) is 0 Å². The zero-order valence-corrected chi connectivity index (χ0v) is 13.4. The topological polar surface area (TPSA) is 101 Å². The van der Waals surface area contributed by atoms with E-state index in [0.29, 0.717) is 11.4 Å². The van der Waals surface area contributed by atoms with Gasteiger partial charge in [-0.25, -0.2) is 14.4 Å². The summed E-state index contributed by atoms with van der Waals surface area (Å²) in [6.45, 7) is 3.38. The van der Waals surface area contributed by atoms with Crippen molar-refractivity contribution in [2.24, 2.45) is 0 Å². The van der Waals surface area contributed by atoms with Crippen LogP contribution >= 0.6 is 11.6 Å². The summed E-state index contributed by atoms with van der Waals surface area (Å²) in [6.07, 6.45) is 0. The van der Waals surface area contributed by atoms with E-state index in [1.165, 1.54) is 12.1 Å². The second kappa shape index (κ2) is 7.14. The molecule has 24 heavy (non-hydrogen) atoms. The van der Waals surface area contributed by atoms with Crippen molar-refractivity contribution < 1.29 is 18.8 Å². The van der Waals surface area contributed by atoms with E-state index in [4.69, 9.17) is 11.6 Å². The first-order chi connectivity index (χ1) is 11.3. The van der Waals surface area contributed by atoms with Crippen molar-refractivity contribution in [3.8, 4) is 0 Å². The predicted molar refractivity (Wildman–Crippen MR) is 84.0 cm³/mol. The van der Waals surface area contributed by atoms with Gasteiger partial charge in [-0.1, -0.05) is 17.7 Å². The number of nitrogens with one attached hydrogen (secondary N) is 2. The molecule has 0 aliphatic heterocycles. The second-order valence-corrected chi connectivity index (χ2v) is 5.22. The summed E-state index contributed by atoms with van der Waals surface area (Å²) < 4.78 is 13.6. The number of hydrogen-bond donors (Lipinski definition) is 2. The summed E-state index contributed by atoms with van der Waals surface area (Å²) in [6, 6.07) is 5.28. The number of rotatable bonds is 2. The zero-order chi connectivity index (χ0) is 17.9. The molecule has 124 valence electrons. The molecule has 3 amide bonds. The minimum absolute atomic E-state index is 0.0796. The predicted octanol–water partition coefficient (Wildman–Crippen LogP) is 1.78. The van der Waals surface area contributed by atoms with Crippen LogP contribution in [-0.4, -0.2) is 27.7 Å². The van der Waals surface area contributed by atoms with Gasteiger partial charge in [0.2, 0.25) is 5.95 Å². The molecule has 1 heterocycles. The molecular formula is C15H12ClFN4O3. The molecule has 0 aliphatic rings. The smallest absolute Gasteiger partial charge is 0.286 e. The number of halogens is 2. The third kappa shape index (κ3) is 4.11. The lowest BCUT2D eigenvalue weighted by Gasteiger charge is -2.07. The number of hydrogen-bond acceptors (Lipinski definition) is 5. The Morgan fingerprint density at radius 3 is 2.29 bits per heavy atom. The van der Waals surface area contributed by atoms with Crippen LogP contribution in [0.2, 0.25) is 5.02 Å². The normalized spacial score (nSPS) is 10.2. The van der Waals surface area contributed by atoms with Crippen LogP contribution in [0.1, 0.15) is 21.7 Å². The molecule has 0 radical (unpaired) electrons. The summed E-state index contributed by atoms with van der Waals surface area (Å²) in [5.41, 5.74) is 0.655. The highest BCUT2D eigenvalue weighted by atomic mass is 35.5. The Balaban J connectivity index is 2.09. The molecule has 0 bridgehead atoms. The van der Waals surface area contributed by atoms with Gasteiger partial charge in [-0.05, 0) is 32.0 Å². The van der Waals surface area contributed by atoms with E-state index in [2.05, 4.69) is 15.3 Å². The van der Waals surface area contributed by atoms with Crippen LogP contribution in [0.15, 0.2) is 24.3 Å². The third-order valence-electron chi connectivity index (χ3n) is 2.83. The van der Waals surface area contributed by atoms with Gasteiger partial charge in [0.05, 0.1) is 10.6 Å². The van der Waals surface area contributed by atoms with Crippen molar-refractivity contribution in [3.63, 3.8) is 0 Å². The number of aromatic nitrogens is 2. The fraction of sp³-hybridized carbons (Fsp3) is 0.133. The van der Waals surface area contributed by atoms with Gasteiger partial charge in [-0.15, -0.1) is 0 Å². The fourth-order valence-electron chi connectivity index (χ4n) is 1.88. The Morgan fingerprint density at radius 2 is 1.71 bits per heavy atom. The first kappa shape index (κ1) is 17.5. The van der Waals surface area contributed by atoms with Crippen LogP contribution in [0.25, 0.3) is 0 Å². The summed E-state index contributed by atoms with van der Waals surface area (Å²) in [7, 11) is 0. The van der Waals surface area contributed by atoms with Gasteiger partial charge in [-0.3, -0.25) is 25.0 Å². The monoisotopic (exact) mass is 350 g/mol. The maximum absolute atomic E-state index is 13.6.